The molecule has 4 rings (SSSR count). The quantitative estimate of drug-likeness (QED) is 0.618. The van der Waals surface area contributed by atoms with E-state index in [2.05, 4.69) is 28.1 Å². The number of piperidine rings is 1. The number of likely N-dealkylation sites (N-methyl/N-ethyl adjacent to an activating group) is 1. The number of alkyl halides is 3. The van der Waals surface area contributed by atoms with Gasteiger partial charge in [0.05, 0.1) is 12.1 Å². The van der Waals surface area contributed by atoms with Crippen LogP contribution in [0.4, 0.5) is 18.9 Å². The number of anilines is 1. The van der Waals surface area contributed by atoms with Crippen LogP contribution in [0.2, 0.25) is 0 Å². The van der Waals surface area contributed by atoms with Gasteiger partial charge in [-0.1, -0.05) is 37.3 Å². The highest BCUT2D eigenvalue weighted by Gasteiger charge is 2.35. The van der Waals surface area contributed by atoms with Crippen molar-refractivity contribution in [3.05, 3.63) is 64.7 Å². The second-order valence-electron chi connectivity index (χ2n) is 9.63. The zero-order valence-corrected chi connectivity index (χ0v) is 20.6. The van der Waals surface area contributed by atoms with E-state index < -0.39 is 11.7 Å². The highest BCUT2D eigenvalue weighted by atomic mass is 19.4. The molecule has 2 aromatic carbocycles. The zero-order chi connectivity index (χ0) is 25.0. The molecule has 190 valence electrons. The molecule has 2 aromatic rings. The van der Waals surface area contributed by atoms with Crippen molar-refractivity contribution in [2.45, 2.75) is 51.5 Å². The number of nitrogens with zero attached hydrogens (tertiary/aromatic N) is 3. The molecule has 0 aliphatic carbocycles. The number of halogens is 3. The molecule has 0 spiro atoms. The van der Waals surface area contributed by atoms with Crippen molar-refractivity contribution < 1.29 is 18.0 Å². The summed E-state index contributed by atoms with van der Waals surface area (Å²) in [4.78, 5) is 19.7. The van der Waals surface area contributed by atoms with Crippen molar-refractivity contribution in [3.8, 4) is 0 Å². The van der Waals surface area contributed by atoms with Gasteiger partial charge >= 0.3 is 6.18 Å². The van der Waals surface area contributed by atoms with E-state index in [0.717, 1.165) is 63.7 Å². The fourth-order valence-electron chi connectivity index (χ4n) is 5.22. The van der Waals surface area contributed by atoms with Crippen molar-refractivity contribution in [1.29, 1.82) is 0 Å². The molecular weight excluding hydrogens is 453 g/mol. The predicted molar refractivity (Wildman–Crippen MR) is 132 cm³/mol. The number of benzene rings is 2. The number of carbonyl (C=O) groups excluding carboxylic acids is 1. The minimum atomic E-state index is -4.45. The Labute approximate surface area is 205 Å². The number of hydrogen-bond acceptors (Lipinski definition) is 4. The number of likely N-dealkylation sites (tertiary alicyclic amines) is 1. The van der Waals surface area contributed by atoms with E-state index in [4.69, 9.17) is 0 Å². The van der Waals surface area contributed by atoms with Gasteiger partial charge in [0.25, 0.3) is 0 Å². The van der Waals surface area contributed by atoms with Gasteiger partial charge in [-0.2, -0.15) is 13.2 Å². The lowest BCUT2D eigenvalue weighted by molar-refractivity contribution is -0.140. The number of carbonyl (C=O) groups is 1. The minimum Gasteiger partial charge on any atom is -0.376 e. The molecular formula is C27H35F3N4O. The first-order valence-corrected chi connectivity index (χ1v) is 12.5. The van der Waals surface area contributed by atoms with Gasteiger partial charge in [-0.3, -0.25) is 9.69 Å². The molecule has 35 heavy (non-hydrogen) atoms. The van der Waals surface area contributed by atoms with Gasteiger partial charge < -0.3 is 15.1 Å². The highest BCUT2D eigenvalue weighted by Crippen LogP contribution is 2.33. The normalized spacial score (nSPS) is 17.7. The summed E-state index contributed by atoms with van der Waals surface area (Å²) in [6.07, 6.45) is -2.03. The largest absolute Gasteiger partial charge is 0.416 e. The fourth-order valence-corrected chi connectivity index (χ4v) is 5.22. The molecule has 1 amide bonds. The molecule has 2 aliphatic heterocycles. The predicted octanol–water partition coefficient (Wildman–Crippen LogP) is 4.62. The van der Waals surface area contributed by atoms with Crippen LogP contribution >= 0.6 is 0 Å². The maximum atomic E-state index is 13.7. The number of rotatable bonds is 7. The third-order valence-electron chi connectivity index (χ3n) is 7.33. The van der Waals surface area contributed by atoms with Crippen LogP contribution in [-0.4, -0.2) is 66.4 Å². The standard InChI is InChI=1S/C27H35F3N4O/c1-3-33-16-13-23-20(18-33)8-6-10-25(23)31-17-26(35)34(22-11-14-32(2)15-12-22)19-21-7-4-5-9-24(21)27(28,29)30/h4-10,22,31H,3,11-19H2,1-2H3. The average Bonchev–Trinajstić information content (AvgIpc) is 2.85. The van der Waals surface area contributed by atoms with Crippen LogP contribution < -0.4 is 5.32 Å². The Kier molecular flexibility index (Phi) is 8.02. The number of fused-ring (bicyclic) bond motifs is 1. The maximum Gasteiger partial charge on any atom is 0.416 e. The Bertz CT molecular complexity index is 1020. The fraction of sp³-hybridized carbons (Fsp3) is 0.519. The van der Waals surface area contributed by atoms with Crippen LogP contribution in [-0.2, 0) is 30.5 Å². The summed E-state index contributed by atoms with van der Waals surface area (Å²) < 4.78 is 41.0. The van der Waals surface area contributed by atoms with Crippen LogP contribution in [0, 0.1) is 0 Å². The maximum absolute atomic E-state index is 13.7. The summed E-state index contributed by atoms with van der Waals surface area (Å²) in [5.41, 5.74) is 2.92. The molecule has 0 radical (unpaired) electrons. The van der Waals surface area contributed by atoms with E-state index in [0.29, 0.717) is 0 Å². The van der Waals surface area contributed by atoms with Crippen molar-refractivity contribution in [1.82, 2.24) is 14.7 Å². The summed E-state index contributed by atoms with van der Waals surface area (Å²) >= 11 is 0. The van der Waals surface area contributed by atoms with Crippen LogP contribution in [0.1, 0.15) is 42.0 Å². The first-order valence-electron chi connectivity index (χ1n) is 12.5. The van der Waals surface area contributed by atoms with Crippen molar-refractivity contribution in [2.75, 3.05) is 45.1 Å². The van der Waals surface area contributed by atoms with Crippen molar-refractivity contribution in [2.24, 2.45) is 0 Å². The second kappa shape index (κ2) is 11.0. The Balaban J connectivity index is 1.52. The molecule has 2 heterocycles. The Morgan fingerprint density at radius 2 is 1.83 bits per heavy atom. The first-order chi connectivity index (χ1) is 16.8. The molecule has 2 aliphatic rings. The summed E-state index contributed by atoms with van der Waals surface area (Å²) in [6.45, 7) is 6.70. The van der Waals surface area contributed by atoms with Gasteiger partial charge in [0.2, 0.25) is 5.91 Å². The van der Waals surface area contributed by atoms with Crippen molar-refractivity contribution >= 4 is 11.6 Å². The van der Waals surface area contributed by atoms with E-state index in [1.165, 1.54) is 23.3 Å². The van der Waals surface area contributed by atoms with Crippen LogP contribution in [0.15, 0.2) is 42.5 Å². The van der Waals surface area contributed by atoms with Crippen LogP contribution in [0.25, 0.3) is 0 Å². The summed E-state index contributed by atoms with van der Waals surface area (Å²) in [6, 6.07) is 11.6. The van der Waals surface area contributed by atoms with Gasteiger partial charge in [-0.25, -0.2) is 0 Å². The van der Waals surface area contributed by atoms with E-state index in [1.54, 1.807) is 11.0 Å². The molecule has 1 saturated heterocycles. The average molecular weight is 489 g/mol. The van der Waals surface area contributed by atoms with Gasteiger partial charge in [-0.05, 0) is 74.8 Å². The molecule has 1 N–H and O–H groups in total. The number of nitrogens with one attached hydrogen (secondary N) is 1. The van der Waals surface area contributed by atoms with E-state index in [9.17, 15) is 18.0 Å². The molecule has 5 nitrogen and oxygen atoms in total. The molecule has 0 aromatic heterocycles. The number of hydrogen-bond donors (Lipinski definition) is 1. The van der Waals surface area contributed by atoms with Gasteiger partial charge in [0.15, 0.2) is 0 Å². The Hall–Kier alpha value is -2.58. The minimum absolute atomic E-state index is 0.0388. The topological polar surface area (TPSA) is 38.8 Å². The second-order valence-corrected chi connectivity index (χ2v) is 9.63. The molecule has 0 saturated carbocycles. The molecule has 0 bridgehead atoms. The van der Waals surface area contributed by atoms with Crippen molar-refractivity contribution in [3.63, 3.8) is 0 Å². The van der Waals surface area contributed by atoms with Crippen LogP contribution in [0.5, 0.6) is 0 Å². The Morgan fingerprint density at radius 1 is 1.09 bits per heavy atom. The van der Waals surface area contributed by atoms with E-state index in [-0.39, 0.29) is 30.6 Å². The third-order valence-corrected chi connectivity index (χ3v) is 7.33. The highest BCUT2D eigenvalue weighted by molar-refractivity contribution is 5.81. The van der Waals surface area contributed by atoms with Gasteiger partial charge in [0, 0.05) is 31.4 Å². The molecule has 0 atom stereocenters. The lowest BCUT2D eigenvalue weighted by atomic mass is 9.97. The molecule has 0 unspecified atom stereocenters. The first kappa shape index (κ1) is 25.5. The summed E-state index contributed by atoms with van der Waals surface area (Å²) in [5, 5.41) is 3.32. The molecule has 8 heteroatoms. The van der Waals surface area contributed by atoms with Crippen LogP contribution in [0.3, 0.4) is 0 Å². The summed E-state index contributed by atoms with van der Waals surface area (Å²) in [7, 11) is 2.03. The smallest absolute Gasteiger partial charge is 0.376 e. The Morgan fingerprint density at radius 3 is 2.54 bits per heavy atom. The third kappa shape index (κ3) is 6.16. The van der Waals surface area contributed by atoms with E-state index >= 15 is 0 Å². The number of amides is 1. The van der Waals surface area contributed by atoms with Gasteiger partial charge in [-0.15, -0.1) is 0 Å². The lowest BCUT2D eigenvalue weighted by Crippen LogP contribution is -2.48. The zero-order valence-electron chi connectivity index (χ0n) is 20.6. The van der Waals surface area contributed by atoms with E-state index in [1.807, 2.05) is 19.2 Å². The SMILES string of the molecule is CCN1CCc2c(cccc2NCC(=O)N(Cc2ccccc2C(F)(F)F)C2CCN(C)CC2)C1. The molecule has 1 fully saturated rings. The lowest BCUT2D eigenvalue weighted by Gasteiger charge is -2.38. The summed E-state index contributed by atoms with van der Waals surface area (Å²) in [5.74, 6) is -0.167. The monoisotopic (exact) mass is 488 g/mol. The van der Waals surface area contributed by atoms with Gasteiger partial charge in [0.1, 0.15) is 0 Å².